The summed E-state index contributed by atoms with van der Waals surface area (Å²) in [6, 6.07) is 25.6. The van der Waals surface area contributed by atoms with Crippen LogP contribution in [0.15, 0.2) is 83.3 Å². The fraction of sp³-hybridized carbons (Fsp3) is 0.281. The van der Waals surface area contributed by atoms with E-state index in [-0.39, 0.29) is 17.2 Å². The summed E-state index contributed by atoms with van der Waals surface area (Å²) in [7, 11) is 0. The van der Waals surface area contributed by atoms with Gasteiger partial charge in [-0.15, -0.1) is 0 Å². The van der Waals surface area contributed by atoms with E-state index in [0.29, 0.717) is 36.1 Å². The minimum Gasteiger partial charge on any atom is -0.435 e. The number of para-hydroxylation sites is 1. The number of oxazole rings is 1. The highest BCUT2D eigenvalue weighted by atomic mass is 16.4. The molecule has 1 aromatic heterocycles. The van der Waals surface area contributed by atoms with Crippen molar-refractivity contribution in [2.24, 2.45) is 0 Å². The van der Waals surface area contributed by atoms with Gasteiger partial charge in [0.1, 0.15) is 0 Å². The first-order valence-electron chi connectivity index (χ1n) is 13.3. The maximum absolute atomic E-state index is 13.8. The maximum Gasteiger partial charge on any atom is 0.276 e. The molecule has 5 rings (SSSR count). The van der Waals surface area contributed by atoms with Crippen molar-refractivity contribution < 1.29 is 14.0 Å². The highest BCUT2D eigenvalue weighted by Crippen LogP contribution is 2.33. The predicted molar refractivity (Wildman–Crippen MR) is 155 cm³/mol. The van der Waals surface area contributed by atoms with E-state index in [1.54, 1.807) is 12.1 Å². The molecule has 1 aliphatic rings. The lowest BCUT2D eigenvalue weighted by atomic mass is 9.87. The minimum atomic E-state index is -0.148. The highest BCUT2D eigenvalue weighted by molar-refractivity contribution is 5.98. The molecule has 39 heavy (non-hydrogen) atoms. The second kappa shape index (κ2) is 10.8. The SMILES string of the molecule is CC(=O)Nc1ccc(-c2oc(-c3ccc(C(C)(C)C)cc3)nc2C(=O)N2CCN(c3ccccc3)CC2)cc1. The number of carbonyl (C=O) groups excluding carboxylic acids is 2. The largest absolute Gasteiger partial charge is 0.435 e. The number of anilines is 2. The molecule has 4 aromatic rings. The molecular formula is C32H34N4O3. The third-order valence-corrected chi connectivity index (χ3v) is 6.98. The first-order valence-corrected chi connectivity index (χ1v) is 13.3. The molecule has 200 valence electrons. The number of amides is 2. The first kappa shape index (κ1) is 26.2. The zero-order valence-electron chi connectivity index (χ0n) is 22.9. The predicted octanol–water partition coefficient (Wildman–Crippen LogP) is 6.23. The van der Waals surface area contributed by atoms with Crippen LogP contribution in [0.3, 0.4) is 0 Å². The molecule has 2 heterocycles. The van der Waals surface area contributed by atoms with Crippen LogP contribution in [0.1, 0.15) is 43.7 Å². The molecule has 1 aliphatic heterocycles. The van der Waals surface area contributed by atoms with Crippen LogP contribution in [0.2, 0.25) is 0 Å². The summed E-state index contributed by atoms with van der Waals surface area (Å²) in [6.07, 6.45) is 0. The molecule has 0 unspecified atom stereocenters. The summed E-state index contributed by atoms with van der Waals surface area (Å²) in [5, 5.41) is 2.77. The molecule has 0 aliphatic carbocycles. The minimum absolute atomic E-state index is 0.0267. The molecule has 7 nitrogen and oxygen atoms in total. The number of hydrogen-bond acceptors (Lipinski definition) is 5. The smallest absolute Gasteiger partial charge is 0.276 e. The zero-order valence-corrected chi connectivity index (χ0v) is 22.9. The summed E-state index contributed by atoms with van der Waals surface area (Å²) in [4.78, 5) is 34.1. The zero-order chi connectivity index (χ0) is 27.6. The fourth-order valence-corrected chi connectivity index (χ4v) is 4.76. The van der Waals surface area contributed by atoms with Crippen LogP contribution < -0.4 is 10.2 Å². The molecule has 1 N–H and O–H groups in total. The van der Waals surface area contributed by atoms with Gasteiger partial charge in [0, 0.05) is 55.6 Å². The lowest BCUT2D eigenvalue weighted by Gasteiger charge is -2.35. The van der Waals surface area contributed by atoms with Gasteiger partial charge in [0.25, 0.3) is 5.91 Å². The van der Waals surface area contributed by atoms with E-state index < -0.39 is 0 Å². The maximum atomic E-state index is 13.8. The molecule has 7 heteroatoms. The van der Waals surface area contributed by atoms with Gasteiger partial charge in [-0.2, -0.15) is 0 Å². The number of rotatable bonds is 5. The van der Waals surface area contributed by atoms with Crippen LogP contribution >= 0.6 is 0 Å². The second-order valence-electron chi connectivity index (χ2n) is 10.9. The van der Waals surface area contributed by atoms with Crippen LogP contribution in [0, 0.1) is 0 Å². The first-order chi connectivity index (χ1) is 18.7. The Morgan fingerprint density at radius 1 is 0.821 bits per heavy atom. The molecule has 0 saturated carbocycles. The second-order valence-corrected chi connectivity index (χ2v) is 10.9. The van der Waals surface area contributed by atoms with Crippen molar-refractivity contribution in [3.8, 4) is 22.8 Å². The topological polar surface area (TPSA) is 78.7 Å². The Hall–Kier alpha value is -4.39. The van der Waals surface area contributed by atoms with Crippen LogP contribution in [0.5, 0.6) is 0 Å². The van der Waals surface area contributed by atoms with E-state index in [1.165, 1.54) is 12.5 Å². The Morgan fingerprint density at radius 3 is 2.03 bits per heavy atom. The van der Waals surface area contributed by atoms with Gasteiger partial charge in [0.15, 0.2) is 11.5 Å². The Labute approximate surface area is 229 Å². The number of hydrogen-bond donors (Lipinski definition) is 1. The van der Waals surface area contributed by atoms with Gasteiger partial charge in [-0.05, 0) is 59.5 Å². The molecule has 2 amide bonds. The summed E-state index contributed by atoms with van der Waals surface area (Å²) < 4.78 is 6.28. The third kappa shape index (κ3) is 5.87. The van der Waals surface area contributed by atoms with Crippen molar-refractivity contribution in [3.05, 3.63) is 90.1 Å². The van der Waals surface area contributed by atoms with E-state index in [1.807, 2.05) is 47.4 Å². The quantitative estimate of drug-likeness (QED) is 0.336. The number of nitrogens with zero attached hydrogens (tertiary/aromatic N) is 3. The van der Waals surface area contributed by atoms with Gasteiger partial charge in [-0.25, -0.2) is 4.98 Å². The highest BCUT2D eigenvalue weighted by Gasteiger charge is 2.29. The van der Waals surface area contributed by atoms with Crippen molar-refractivity contribution in [2.45, 2.75) is 33.1 Å². The van der Waals surface area contributed by atoms with Crippen LogP contribution in [0.4, 0.5) is 11.4 Å². The van der Waals surface area contributed by atoms with Crippen LogP contribution in [0.25, 0.3) is 22.8 Å². The van der Waals surface area contributed by atoms with Gasteiger partial charge < -0.3 is 19.5 Å². The molecule has 0 bridgehead atoms. The number of piperazine rings is 1. The average Bonchev–Trinajstić information content (AvgIpc) is 3.38. The Bertz CT molecular complexity index is 1440. The fourth-order valence-electron chi connectivity index (χ4n) is 4.76. The van der Waals surface area contributed by atoms with Gasteiger partial charge >= 0.3 is 0 Å². The Morgan fingerprint density at radius 2 is 1.44 bits per heavy atom. The molecule has 1 saturated heterocycles. The summed E-state index contributed by atoms with van der Waals surface area (Å²) in [6.45, 7) is 10.7. The number of aromatic nitrogens is 1. The van der Waals surface area contributed by atoms with Gasteiger partial charge in [-0.1, -0.05) is 51.1 Å². The lowest BCUT2D eigenvalue weighted by Crippen LogP contribution is -2.49. The van der Waals surface area contributed by atoms with Crippen molar-refractivity contribution in [1.82, 2.24) is 9.88 Å². The third-order valence-electron chi connectivity index (χ3n) is 6.98. The van der Waals surface area contributed by atoms with E-state index in [0.717, 1.165) is 29.9 Å². The molecule has 1 fully saturated rings. The molecule has 0 atom stereocenters. The molecule has 0 radical (unpaired) electrons. The van der Waals surface area contributed by atoms with Crippen LogP contribution in [-0.2, 0) is 10.2 Å². The lowest BCUT2D eigenvalue weighted by molar-refractivity contribution is -0.114. The van der Waals surface area contributed by atoms with Gasteiger partial charge in [0.05, 0.1) is 0 Å². The molecule has 0 spiro atoms. The monoisotopic (exact) mass is 522 g/mol. The van der Waals surface area contributed by atoms with Crippen molar-refractivity contribution in [3.63, 3.8) is 0 Å². The van der Waals surface area contributed by atoms with Gasteiger partial charge in [0.2, 0.25) is 11.8 Å². The van der Waals surface area contributed by atoms with Crippen molar-refractivity contribution >= 4 is 23.2 Å². The van der Waals surface area contributed by atoms with E-state index in [2.05, 4.69) is 55.3 Å². The normalized spacial score (nSPS) is 13.8. The number of nitrogens with one attached hydrogen (secondary N) is 1. The summed E-state index contributed by atoms with van der Waals surface area (Å²) in [5.74, 6) is 0.538. The van der Waals surface area contributed by atoms with E-state index in [4.69, 9.17) is 9.40 Å². The Balaban J connectivity index is 1.45. The average molecular weight is 523 g/mol. The standard InChI is InChI=1S/C32H34N4O3/c1-22(37)33-26-16-12-23(13-17-26)29-28(34-30(39-29)24-10-14-25(15-11-24)32(2,3)4)31(38)36-20-18-35(19-21-36)27-8-6-5-7-9-27/h5-17H,18-21H2,1-4H3,(H,33,37). The van der Waals surface area contributed by atoms with Crippen LogP contribution in [-0.4, -0.2) is 47.9 Å². The van der Waals surface area contributed by atoms with Crippen molar-refractivity contribution in [1.29, 1.82) is 0 Å². The Kier molecular flexibility index (Phi) is 7.24. The van der Waals surface area contributed by atoms with E-state index in [9.17, 15) is 9.59 Å². The number of benzene rings is 3. The molecular weight excluding hydrogens is 488 g/mol. The summed E-state index contributed by atoms with van der Waals surface area (Å²) in [5.41, 5.74) is 4.90. The van der Waals surface area contributed by atoms with Gasteiger partial charge in [-0.3, -0.25) is 9.59 Å². The summed E-state index contributed by atoms with van der Waals surface area (Å²) >= 11 is 0. The van der Waals surface area contributed by atoms with E-state index >= 15 is 0 Å². The van der Waals surface area contributed by atoms with Crippen molar-refractivity contribution in [2.75, 3.05) is 36.4 Å². The number of carbonyl (C=O) groups is 2. The molecule has 3 aromatic carbocycles.